The van der Waals surface area contributed by atoms with Gasteiger partial charge in [0, 0.05) is 13.1 Å². The Morgan fingerprint density at radius 1 is 1.14 bits per heavy atom. The van der Waals surface area contributed by atoms with Crippen LogP contribution in [-0.4, -0.2) is 25.8 Å². The standard InChI is InChI=1S/C13H17F3N2O2S/c1-10-5-6-11(9-12(10)13(14,15)16)17-21(19,20)18-7-3-2-4-8-18/h5-6,9,17H,2-4,7-8H2,1H3. The summed E-state index contributed by atoms with van der Waals surface area (Å²) in [7, 11) is -3.80. The Labute approximate surface area is 122 Å². The first kappa shape index (κ1) is 16.1. The molecule has 0 unspecified atom stereocenters. The Kier molecular flexibility index (Phi) is 4.48. The molecular formula is C13H17F3N2O2S. The van der Waals surface area contributed by atoms with Crippen molar-refractivity contribution in [2.24, 2.45) is 0 Å². The van der Waals surface area contributed by atoms with E-state index in [-0.39, 0.29) is 11.3 Å². The molecule has 0 radical (unpaired) electrons. The number of alkyl halides is 3. The van der Waals surface area contributed by atoms with E-state index in [0.717, 1.165) is 25.3 Å². The van der Waals surface area contributed by atoms with Crippen molar-refractivity contribution in [2.75, 3.05) is 17.8 Å². The van der Waals surface area contributed by atoms with E-state index in [1.54, 1.807) is 0 Å². The highest BCUT2D eigenvalue weighted by molar-refractivity contribution is 7.90. The van der Waals surface area contributed by atoms with E-state index in [1.807, 2.05) is 0 Å². The lowest BCUT2D eigenvalue weighted by Gasteiger charge is -2.26. The van der Waals surface area contributed by atoms with Crippen LogP contribution in [0.25, 0.3) is 0 Å². The normalized spacial score (nSPS) is 17.7. The molecule has 2 rings (SSSR count). The number of aryl methyl sites for hydroxylation is 1. The van der Waals surface area contributed by atoms with Gasteiger partial charge in [-0.2, -0.15) is 25.9 Å². The van der Waals surface area contributed by atoms with Gasteiger partial charge in [-0.05, 0) is 37.5 Å². The van der Waals surface area contributed by atoms with Crippen LogP contribution >= 0.6 is 0 Å². The molecule has 1 aromatic carbocycles. The maximum atomic E-state index is 12.8. The number of hydrogen-bond acceptors (Lipinski definition) is 2. The summed E-state index contributed by atoms with van der Waals surface area (Å²) in [6.07, 6.45) is -2.00. The third kappa shape index (κ3) is 3.88. The summed E-state index contributed by atoms with van der Waals surface area (Å²) >= 11 is 0. The molecule has 0 bridgehead atoms. The van der Waals surface area contributed by atoms with E-state index < -0.39 is 21.9 Å². The number of nitrogens with zero attached hydrogens (tertiary/aromatic N) is 1. The van der Waals surface area contributed by atoms with Gasteiger partial charge in [0.1, 0.15) is 0 Å². The Morgan fingerprint density at radius 2 is 1.76 bits per heavy atom. The molecule has 8 heteroatoms. The molecule has 0 atom stereocenters. The second-order valence-electron chi connectivity index (χ2n) is 5.09. The first-order valence-corrected chi connectivity index (χ1v) is 8.10. The van der Waals surface area contributed by atoms with Crippen LogP contribution in [0.4, 0.5) is 18.9 Å². The van der Waals surface area contributed by atoms with Crippen molar-refractivity contribution < 1.29 is 21.6 Å². The van der Waals surface area contributed by atoms with E-state index in [0.29, 0.717) is 13.1 Å². The van der Waals surface area contributed by atoms with Crippen molar-refractivity contribution in [3.63, 3.8) is 0 Å². The summed E-state index contributed by atoms with van der Waals surface area (Å²) in [4.78, 5) is 0. The van der Waals surface area contributed by atoms with E-state index in [4.69, 9.17) is 0 Å². The van der Waals surface area contributed by atoms with E-state index in [1.165, 1.54) is 23.4 Å². The van der Waals surface area contributed by atoms with Crippen LogP contribution in [0.5, 0.6) is 0 Å². The fraction of sp³-hybridized carbons (Fsp3) is 0.538. The first-order chi connectivity index (χ1) is 9.70. The van der Waals surface area contributed by atoms with E-state index in [2.05, 4.69) is 4.72 Å². The molecule has 1 aliphatic heterocycles. The van der Waals surface area contributed by atoms with Crippen LogP contribution in [0, 0.1) is 6.92 Å². The summed E-state index contributed by atoms with van der Waals surface area (Å²) in [5.41, 5.74) is -0.844. The van der Waals surface area contributed by atoms with Gasteiger partial charge in [-0.3, -0.25) is 4.72 Å². The second-order valence-corrected chi connectivity index (χ2v) is 6.76. The zero-order chi connectivity index (χ0) is 15.7. The van der Waals surface area contributed by atoms with Crippen LogP contribution in [0.15, 0.2) is 18.2 Å². The summed E-state index contributed by atoms with van der Waals surface area (Å²) in [6.45, 7) is 2.13. The largest absolute Gasteiger partial charge is 0.416 e. The average Bonchev–Trinajstić information content (AvgIpc) is 2.40. The fourth-order valence-corrected chi connectivity index (χ4v) is 3.60. The molecule has 1 aromatic rings. The second kappa shape index (κ2) is 5.84. The molecule has 0 spiro atoms. The van der Waals surface area contributed by atoms with E-state index >= 15 is 0 Å². The van der Waals surface area contributed by atoms with Crippen LogP contribution in [0.1, 0.15) is 30.4 Å². The lowest BCUT2D eigenvalue weighted by Crippen LogP contribution is -2.39. The van der Waals surface area contributed by atoms with Gasteiger partial charge in [-0.1, -0.05) is 12.5 Å². The average molecular weight is 322 g/mol. The topological polar surface area (TPSA) is 49.4 Å². The van der Waals surface area contributed by atoms with Gasteiger partial charge < -0.3 is 0 Å². The molecule has 0 aliphatic carbocycles. The van der Waals surface area contributed by atoms with Crippen molar-refractivity contribution in [1.82, 2.24) is 4.31 Å². The molecule has 0 amide bonds. The van der Waals surface area contributed by atoms with Gasteiger partial charge in [0.25, 0.3) is 0 Å². The smallest absolute Gasteiger partial charge is 0.271 e. The Balaban J connectivity index is 2.23. The predicted octanol–water partition coefficient (Wildman–Crippen LogP) is 3.16. The monoisotopic (exact) mass is 322 g/mol. The Hall–Kier alpha value is -1.28. The summed E-state index contributed by atoms with van der Waals surface area (Å²) < 4.78 is 66.2. The molecular weight excluding hydrogens is 305 g/mol. The minimum atomic E-state index is -4.50. The number of nitrogens with one attached hydrogen (secondary N) is 1. The molecule has 1 saturated heterocycles. The summed E-state index contributed by atoms with van der Waals surface area (Å²) in [5.74, 6) is 0. The molecule has 1 fully saturated rings. The zero-order valence-electron chi connectivity index (χ0n) is 11.6. The predicted molar refractivity (Wildman–Crippen MR) is 74.1 cm³/mol. The molecule has 4 nitrogen and oxygen atoms in total. The van der Waals surface area contributed by atoms with Gasteiger partial charge in [0.05, 0.1) is 11.3 Å². The lowest BCUT2D eigenvalue weighted by molar-refractivity contribution is -0.138. The van der Waals surface area contributed by atoms with Crippen molar-refractivity contribution in [2.45, 2.75) is 32.4 Å². The first-order valence-electron chi connectivity index (χ1n) is 6.66. The maximum absolute atomic E-state index is 12.8. The van der Waals surface area contributed by atoms with Gasteiger partial charge in [0.15, 0.2) is 0 Å². The quantitative estimate of drug-likeness (QED) is 0.929. The minimum Gasteiger partial charge on any atom is -0.271 e. The third-order valence-corrected chi connectivity index (χ3v) is 4.98. The number of hydrogen-bond donors (Lipinski definition) is 1. The minimum absolute atomic E-state index is 0.0587. The third-order valence-electron chi connectivity index (χ3n) is 3.44. The van der Waals surface area contributed by atoms with Crippen LogP contribution in [-0.2, 0) is 16.4 Å². The molecule has 1 heterocycles. The number of halogens is 3. The van der Waals surface area contributed by atoms with Crippen LogP contribution in [0.2, 0.25) is 0 Å². The van der Waals surface area contributed by atoms with Gasteiger partial charge in [0.2, 0.25) is 0 Å². The highest BCUT2D eigenvalue weighted by atomic mass is 32.2. The number of rotatable bonds is 3. The zero-order valence-corrected chi connectivity index (χ0v) is 12.4. The number of piperidine rings is 1. The summed E-state index contributed by atoms with van der Waals surface area (Å²) in [5, 5.41) is 0. The molecule has 0 aromatic heterocycles. The molecule has 118 valence electrons. The molecule has 21 heavy (non-hydrogen) atoms. The fourth-order valence-electron chi connectivity index (χ4n) is 2.31. The van der Waals surface area contributed by atoms with Gasteiger partial charge in [-0.15, -0.1) is 0 Å². The molecule has 1 N–H and O–H groups in total. The SMILES string of the molecule is Cc1ccc(NS(=O)(=O)N2CCCCC2)cc1C(F)(F)F. The van der Waals surface area contributed by atoms with E-state index in [9.17, 15) is 21.6 Å². The lowest BCUT2D eigenvalue weighted by atomic mass is 10.1. The Bertz CT molecular complexity index is 608. The maximum Gasteiger partial charge on any atom is 0.416 e. The van der Waals surface area contributed by atoms with Gasteiger partial charge in [-0.25, -0.2) is 0 Å². The molecule has 0 saturated carbocycles. The highest BCUT2D eigenvalue weighted by Gasteiger charge is 2.33. The Morgan fingerprint density at radius 3 is 2.33 bits per heavy atom. The summed E-state index contributed by atoms with van der Waals surface area (Å²) in [6, 6.07) is 3.43. The van der Waals surface area contributed by atoms with Crippen molar-refractivity contribution in [1.29, 1.82) is 0 Å². The molecule has 1 aliphatic rings. The number of anilines is 1. The van der Waals surface area contributed by atoms with Crippen molar-refractivity contribution in [3.8, 4) is 0 Å². The highest BCUT2D eigenvalue weighted by Crippen LogP contribution is 2.33. The van der Waals surface area contributed by atoms with Crippen molar-refractivity contribution in [3.05, 3.63) is 29.3 Å². The number of benzene rings is 1. The van der Waals surface area contributed by atoms with Crippen LogP contribution < -0.4 is 4.72 Å². The van der Waals surface area contributed by atoms with Crippen LogP contribution in [0.3, 0.4) is 0 Å². The van der Waals surface area contributed by atoms with Gasteiger partial charge >= 0.3 is 16.4 Å². The van der Waals surface area contributed by atoms with Crippen molar-refractivity contribution >= 4 is 15.9 Å².